The number of rotatable bonds is 74. The van der Waals surface area contributed by atoms with E-state index in [9.17, 15) is 24.1 Å². The second-order valence-electron chi connectivity index (χ2n) is 24.6. The second-order valence-corrected chi connectivity index (χ2v) is 27.4. The average Bonchev–Trinajstić information content (AvgIpc) is 1.69. The van der Waals surface area contributed by atoms with Gasteiger partial charge >= 0.3 is 6.72 Å². The van der Waals surface area contributed by atoms with Gasteiger partial charge in [0.2, 0.25) is 23.6 Å². The molecule has 0 saturated heterocycles. The van der Waals surface area contributed by atoms with Gasteiger partial charge in [-0.25, -0.2) is 4.68 Å². The Morgan fingerprint density at radius 1 is 0.430 bits per heavy atom. The van der Waals surface area contributed by atoms with E-state index in [-0.39, 0.29) is 75.3 Å². The van der Waals surface area contributed by atoms with Gasteiger partial charge in [-0.3, -0.25) is 19.2 Å². The van der Waals surface area contributed by atoms with E-state index in [0.717, 1.165) is 54.6 Å². The molecule has 4 amide bonds. The summed E-state index contributed by atoms with van der Waals surface area (Å²) in [4.78, 5) is 62.8. The zero-order valence-corrected chi connectivity index (χ0v) is 65.6. The molecule has 1 aliphatic rings. The molecule has 0 spiro atoms. The first kappa shape index (κ1) is 94.6. The smallest absolute Gasteiger partial charge is 0.324 e. The summed E-state index contributed by atoms with van der Waals surface area (Å²) < 4.78 is 107. The number of benzene rings is 2. The Balaban J connectivity index is 0.900. The molecule has 1 unspecified atom stereocenters. The number of unbranched alkanes of at least 4 members (excludes halogenated alkanes) is 3. The molecule has 1 aliphatic heterocycles. The molecule has 0 aliphatic carbocycles. The van der Waals surface area contributed by atoms with Gasteiger partial charge in [-0.15, -0.1) is 5.10 Å². The van der Waals surface area contributed by atoms with Crippen molar-refractivity contribution in [1.82, 2.24) is 36.3 Å². The molecule has 0 radical (unpaired) electrons. The minimum Gasteiger partial charge on any atom is -0.379 e. The van der Waals surface area contributed by atoms with E-state index in [1.807, 2.05) is 53.2 Å². The van der Waals surface area contributed by atoms with Crippen molar-refractivity contribution in [3.63, 3.8) is 0 Å². The van der Waals surface area contributed by atoms with Gasteiger partial charge in [0.1, 0.15) is 5.69 Å². The van der Waals surface area contributed by atoms with E-state index >= 15 is 0 Å². The van der Waals surface area contributed by atoms with Gasteiger partial charge in [-0.05, 0) is 50.1 Å². The van der Waals surface area contributed by atoms with E-state index in [4.69, 9.17) is 101 Å². The quantitative estimate of drug-likeness (QED) is 0.0372. The molecule has 612 valence electrons. The van der Waals surface area contributed by atoms with Crippen molar-refractivity contribution in [1.29, 1.82) is 0 Å². The number of ether oxygens (including phenoxy) is 17. The number of amides is 4. The molecule has 1 atom stereocenters. The number of aromatic nitrogens is 3. The molecule has 4 rings (SSSR count). The predicted molar refractivity (Wildman–Crippen MR) is 404 cm³/mol. The molecule has 2 heterocycles. The average molecular weight is 1560 g/mol. The number of carbonyl (C=O) groups excluding carboxylic acids is 4. The van der Waals surface area contributed by atoms with Crippen molar-refractivity contribution in [2.75, 3.05) is 262 Å². The van der Waals surface area contributed by atoms with Crippen molar-refractivity contribution in [2.24, 2.45) is 0 Å². The van der Waals surface area contributed by atoms with Crippen LogP contribution in [0.4, 0.5) is 5.69 Å². The zero-order valence-electron chi connectivity index (χ0n) is 63.9. The van der Waals surface area contributed by atoms with Gasteiger partial charge in [0, 0.05) is 69.0 Å². The predicted octanol–water partition coefficient (Wildman–Crippen LogP) is 4.87. The van der Waals surface area contributed by atoms with Crippen LogP contribution in [0, 0.1) is 0 Å². The molecule has 32 nitrogen and oxygen atoms in total. The maximum absolute atomic E-state index is 14.1. The summed E-state index contributed by atoms with van der Waals surface area (Å²) in [6, 6.07) is 16.0. The van der Waals surface area contributed by atoms with Crippen LogP contribution in [0.2, 0.25) is 0 Å². The maximum Gasteiger partial charge on any atom is 0.324 e. The van der Waals surface area contributed by atoms with Gasteiger partial charge in [-0.1, -0.05) is 74.4 Å². The lowest BCUT2D eigenvalue weighted by Gasteiger charge is -2.28. The van der Waals surface area contributed by atoms with Crippen LogP contribution in [0.3, 0.4) is 0 Å². The Morgan fingerprint density at radius 2 is 0.804 bits per heavy atom. The van der Waals surface area contributed by atoms with Crippen LogP contribution < -0.4 is 26.2 Å². The highest BCUT2D eigenvalue weighted by molar-refractivity contribution is 8.07. The monoisotopic (exact) mass is 1560 g/mol. The van der Waals surface area contributed by atoms with Crippen molar-refractivity contribution in [3.05, 3.63) is 54.1 Å². The molecule has 107 heavy (non-hydrogen) atoms. The molecule has 34 heteroatoms. The fourth-order valence-corrected chi connectivity index (χ4v) is 11.6. The summed E-state index contributed by atoms with van der Waals surface area (Å²) in [6.07, 6.45) is 3.81. The fraction of sp³-hybridized carbons (Fsp3) is 0.753. The van der Waals surface area contributed by atoms with Crippen molar-refractivity contribution in [2.45, 2.75) is 104 Å². The largest absolute Gasteiger partial charge is 0.379 e. The van der Waals surface area contributed by atoms with Gasteiger partial charge in [0.05, 0.1) is 262 Å². The number of hydrogen-bond donors (Lipinski definition) is 5. The van der Waals surface area contributed by atoms with Crippen LogP contribution in [0.25, 0.3) is 22.5 Å². The third kappa shape index (κ3) is 50.0. The highest BCUT2D eigenvalue weighted by Crippen LogP contribution is 2.45. The van der Waals surface area contributed by atoms with E-state index in [0.29, 0.717) is 262 Å². The number of carbonyl (C=O) groups is 4. The Labute approximate surface area is 638 Å². The topological polar surface area (TPSA) is 346 Å². The van der Waals surface area contributed by atoms with E-state index < -0.39 is 6.72 Å². The Morgan fingerprint density at radius 3 is 1.25 bits per heavy atom. The molecular formula is C73H125N8O24PS. The first-order valence-corrected chi connectivity index (χ1v) is 40.4. The molecule has 3 aromatic rings. The van der Waals surface area contributed by atoms with Crippen LogP contribution >= 0.6 is 6.72 Å². The van der Waals surface area contributed by atoms with Crippen molar-refractivity contribution >= 4 is 47.8 Å². The number of nitrogens with zero attached hydrogens (tertiary/aromatic N) is 4. The number of hydrogen-bond acceptors (Lipinski definition) is 27. The summed E-state index contributed by atoms with van der Waals surface area (Å²) in [5, 5.41) is 21.0. The summed E-state index contributed by atoms with van der Waals surface area (Å²) in [7, 11) is 0. The van der Waals surface area contributed by atoms with Crippen LogP contribution in [0.1, 0.15) is 84.6 Å². The molecule has 1 aromatic heterocycles. The minimum atomic E-state index is -3.16. The van der Waals surface area contributed by atoms with Crippen molar-refractivity contribution in [3.8, 4) is 22.5 Å². The van der Waals surface area contributed by atoms with Crippen LogP contribution in [0.5, 0.6) is 0 Å². The normalized spacial score (nSPS) is 12.6. The lowest BCUT2D eigenvalue weighted by atomic mass is 9.95. The van der Waals surface area contributed by atoms with Crippen LogP contribution in [0.15, 0.2) is 48.5 Å². The van der Waals surface area contributed by atoms with Gasteiger partial charge in [-0.2, -0.15) is 0 Å². The highest BCUT2D eigenvalue weighted by Gasteiger charge is 2.29. The number of para-hydroxylation sites is 1. The molecular weight excluding hydrogens is 1440 g/mol. The van der Waals surface area contributed by atoms with E-state index in [1.165, 1.54) is 0 Å². The van der Waals surface area contributed by atoms with Gasteiger partial charge in [0.15, 0.2) is 0 Å². The number of nitrogens with one attached hydrogen (secondary N) is 4. The van der Waals surface area contributed by atoms with Crippen molar-refractivity contribution < 1.29 is 114 Å². The summed E-state index contributed by atoms with van der Waals surface area (Å²) in [5.41, 5.74) is 4.71. The maximum atomic E-state index is 14.1. The third-order valence-electron chi connectivity index (χ3n) is 15.2. The first-order valence-electron chi connectivity index (χ1n) is 37.8. The number of anilines is 1. The molecule has 0 bridgehead atoms. The molecule has 0 fully saturated rings. The number of fused-ring (bicyclic) bond motifs is 5. The first-order chi connectivity index (χ1) is 52.3. The minimum absolute atomic E-state index is 0.00333. The summed E-state index contributed by atoms with van der Waals surface area (Å²) >= 11 is 4.96. The van der Waals surface area contributed by atoms with E-state index in [2.05, 4.69) is 45.4 Å². The van der Waals surface area contributed by atoms with E-state index in [1.54, 1.807) is 18.7 Å². The van der Waals surface area contributed by atoms with Gasteiger partial charge < -0.3 is 121 Å². The van der Waals surface area contributed by atoms with Crippen LogP contribution in [-0.2, 0) is 134 Å². The molecule has 0 saturated carbocycles. The Hall–Kier alpha value is -4.73. The lowest BCUT2D eigenvalue weighted by molar-refractivity contribution is -0.125. The second kappa shape index (κ2) is 64.9. The summed E-state index contributed by atoms with van der Waals surface area (Å²) in [5.74, 6) is -0.610. The fourth-order valence-electron chi connectivity index (χ4n) is 9.91. The Bertz CT molecular complexity index is 2770. The third-order valence-corrected chi connectivity index (χ3v) is 17.0. The zero-order chi connectivity index (χ0) is 76.6. The van der Waals surface area contributed by atoms with Crippen LogP contribution in [-0.4, -0.2) is 313 Å². The Kier molecular flexibility index (Phi) is 57.4. The molecule has 5 N–H and O–H groups in total. The standard InChI is InChI=1S/C73H125N8O24PS/c1-62(2)74-22-29-89-35-41-95-42-36-91-31-24-77-70(84)20-28-88-34-40-93-45-47-96-43-37-90-30-23-76-68(82)17-18-71(85)80-61-64-13-7-8-14-65(64)72-73(66-15-9-10-16-67(66)80)81(79-78-72)25-32-92-38-44-97-48-50-99-52-54-101-56-58-103-60-59-102-57-55-100-53-51-98-49-46-94-39-33-87-27-19-69(83)75-21-11-5-6-12-26-104-106(86,107)105-63(3)4/h7-10,13-16,62-63,74H,5-6,11-12,17-61H2,1-4H3,(H,75,83)(H,76,82)(H,77,84)(H,86,107). The lowest BCUT2D eigenvalue weighted by Crippen LogP contribution is -2.34. The molecule has 2 aromatic carbocycles. The summed E-state index contributed by atoms with van der Waals surface area (Å²) in [6.45, 7) is 21.9. The SMILES string of the molecule is CC(C)NCCOCCOCCOCCNC(=O)CCOCCOCCOCCOCCNC(=O)CCC(=O)N1Cc2ccccc2-c2nnn(CCOCCOCCOCCOCCOCCOCCOCCOCCOCCOCCC(=O)NCCCCCCOP(O)(=S)OC(C)C)c2-c2ccccc21. The highest BCUT2D eigenvalue weighted by atomic mass is 32.5. The van der Waals surface area contributed by atoms with Gasteiger partial charge in [0.25, 0.3) is 0 Å².